The number of aromatic amines is 1. The number of aryl methyl sites for hydroxylation is 1. The van der Waals surface area contributed by atoms with E-state index < -0.39 is 0 Å². The number of amides is 1. The van der Waals surface area contributed by atoms with Crippen molar-refractivity contribution in [3.05, 3.63) is 95.9 Å². The van der Waals surface area contributed by atoms with E-state index in [1.165, 1.54) is 11.1 Å². The van der Waals surface area contributed by atoms with Crippen molar-refractivity contribution in [2.75, 3.05) is 5.32 Å². The van der Waals surface area contributed by atoms with Crippen molar-refractivity contribution in [1.29, 1.82) is 0 Å². The van der Waals surface area contributed by atoms with Crippen LogP contribution in [0.2, 0.25) is 0 Å². The molecule has 6 nitrogen and oxygen atoms in total. The van der Waals surface area contributed by atoms with Gasteiger partial charge >= 0.3 is 0 Å². The Labute approximate surface area is 220 Å². The van der Waals surface area contributed by atoms with Gasteiger partial charge < -0.3 is 5.32 Å². The Morgan fingerprint density at radius 2 is 1.82 bits per heavy atom. The Balaban J connectivity index is 1.44. The molecule has 1 atom stereocenters. The van der Waals surface area contributed by atoms with Crippen LogP contribution in [0.1, 0.15) is 36.6 Å². The second-order valence-corrected chi connectivity index (χ2v) is 10.3. The number of fused-ring (bicyclic) bond motifs is 8. The van der Waals surface area contributed by atoms with Gasteiger partial charge in [-0.05, 0) is 59.7 Å². The monoisotopic (exact) mass is 497 g/mol. The maximum absolute atomic E-state index is 12.7. The van der Waals surface area contributed by atoms with E-state index in [-0.39, 0.29) is 11.8 Å². The predicted molar refractivity (Wildman–Crippen MR) is 152 cm³/mol. The van der Waals surface area contributed by atoms with Crippen molar-refractivity contribution in [3.63, 3.8) is 0 Å². The van der Waals surface area contributed by atoms with Crippen molar-refractivity contribution in [2.45, 2.75) is 32.6 Å². The summed E-state index contributed by atoms with van der Waals surface area (Å²) < 4.78 is 0. The predicted octanol–water partition coefficient (Wildman–Crippen LogP) is 6.88. The molecule has 0 aliphatic carbocycles. The molecule has 0 saturated heterocycles. The molecular weight excluding hydrogens is 470 g/mol. The van der Waals surface area contributed by atoms with E-state index in [1.54, 1.807) is 6.20 Å². The molecule has 1 amide bonds. The van der Waals surface area contributed by atoms with E-state index in [9.17, 15) is 4.79 Å². The van der Waals surface area contributed by atoms with Crippen LogP contribution in [0.15, 0.2) is 84.1 Å². The number of H-pyrrole nitrogens is 1. The molecule has 2 aliphatic rings. The minimum absolute atomic E-state index is 0.00139. The van der Waals surface area contributed by atoms with E-state index in [0.29, 0.717) is 12.1 Å². The normalized spacial score (nSPS) is 16.8. The molecular formula is C32H27N5O. The van der Waals surface area contributed by atoms with E-state index in [1.807, 2.05) is 18.3 Å². The third-order valence-electron chi connectivity index (χ3n) is 7.61. The number of hydrogen-bond acceptors (Lipinski definition) is 4. The second kappa shape index (κ2) is 9.06. The largest absolute Gasteiger partial charge is 0.325 e. The Morgan fingerprint density at radius 3 is 2.76 bits per heavy atom. The van der Waals surface area contributed by atoms with Crippen LogP contribution in [0.4, 0.5) is 11.4 Å². The van der Waals surface area contributed by atoms with Crippen molar-refractivity contribution in [2.24, 2.45) is 10.9 Å². The molecule has 2 aliphatic heterocycles. The fourth-order valence-corrected chi connectivity index (χ4v) is 5.69. The van der Waals surface area contributed by atoms with Gasteiger partial charge in [0.05, 0.1) is 28.8 Å². The van der Waals surface area contributed by atoms with Gasteiger partial charge in [0.1, 0.15) is 5.69 Å². The molecule has 0 unspecified atom stereocenters. The average Bonchev–Trinajstić information content (AvgIpc) is 3.35. The third-order valence-corrected chi connectivity index (χ3v) is 7.61. The molecule has 0 radical (unpaired) electrons. The quantitative estimate of drug-likeness (QED) is 0.245. The zero-order valence-electron chi connectivity index (χ0n) is 21.2. The smallest absolute Gasteiger partial charge is 0.224 e. The molecule has 38 heavy (non-hydrogen) atoms. The summed E-state index contributed by atoms with van der Waals surface area (Å²) in [5, 5.41) is 12.0. The number of benzene rings is 3. The SMILES string of the molecule is C[C@H]1Cc2cccc3c2N=C1c1n[nH]c2ccc(cc12)-c1cncc(c1)NC(=O)CCCc1cccc-3c1. The second-order valence-electron chi connectivity index (χ2n) is 10.3. The van der Waals surface area contributed by atoms with Crippen molar-refractivity contribution in [3.8, 4) is 22.3 Å². The number of aliphatic imine (C=N–C) groups is 1. The number of nitrogens with zero attached hydrogens (tertiary/aromatic N) is 3. The van der Waals surface area contributed by atoms with Crippen molar-refractivity contribution >= 4 is 33.9 Å². The average molecular weight is 498 g/mol. The fourth-order valence-electron chi connectivity index (χ4n) is 5.69. The zero-order chi connectivity index (χ0) is 25.6. The molecule has 0 fully saturated rings. The zero-order valence-corrected chi connectivity index (χ0v) is 21.2. The highest BCUT2D eigenvalue weighted by Crippen LogP contribution is 2.40. The summed E-state index contributed by atoms with van der Waals surface area (Å²) in [5.74, 6) is 0.229. The number of nitrogens with one attached hydrogen (secondary N) is 2. The van der Waals surface area contributed by atoms with Crippen LogP contribution in [0, 0.1) is 5.92 Å². The van der Waals surface area contributed by atoms with Crippen LogP contribution in [0.25, 0.3) is 33.2 Å². The molecule has 2 N–H and O–H groups in total. The number of anilines is 1. The first-order chi connectivity index (χ1) is 18.6. The highest BCUT2D eigenvalue weighted by atomic mass is 16.1. The summed E-state index contributed by atoms with van der Waals surface area (Å²) in [7, 11) is 0. The van der Waals surface area contributed by atoms with E-state index in [4.69, 9.17) is 10.1 Å². The Kier molecular flexibility index (Phi) is 5.39. The fraction of sp³-hybridized carbons (Fsp3) is 0.188. The first-order valence-corrected chi connectivity index (χ1v) is 13.2. The van der Waals surface area contributed by atoms with E-state index in [2.05, 4.69) is 76.9 Å². The van der Waals surface area contributed by atoms with Gasteiger partial charge in [0.2, 0.25) is 5.91 Å². The van der Waals surface area contributed by atoms with Crippen LogP contribution in [-0.4, -0.2) is 26.8 Å². The van der Waals surface area contributed by atoms with Gasteiger partial charge in [-0.25, -0.2) is 4.99 Å². The van der Waals surface area contributed by atoms with Gasteiger partial charge in [-0.1, -0.05) is 55.5 Å². The number of carbonyl (C=O) groups is 1. The number of rotatable bonds is 0. The molecule has 3 aromatic carbocycles. The summed E-state index contributed by atoms with van der Waals surface area (Å²) in [5.41, 5.74) is 11.3. The summed E-state index contributed by atoms with van der Waals surface area (Å²) in [6.07, 6.45) is 6.49. The molecule has 0 saturated carbocycles. The number of carbonyl (C=O) groups excluding carboxylic acids is 1. The first kappa shape index (κ1) is 22.6. The van der Waals surface area contributed by atoms with Crippen LogP contribution in [-0.2, 0) is 17.6 Å². The lowest BCUT2D eigenvalue weighted by atomic mass is 9.87. The Bertz CT molecular complexity index is 1750. The van der Waals surface area contributed by atoms with Gasteiger partial charge in [0.15, 0.2) is 0 Å². The molecule has 7 rings (SSSR count). The molecule has 4 heterocycles. The molecule has 2 aromatic heterocycles. The van der Waals surface area contributed by atoms with Crippen molar-refractivity contribution in [1.82, 2.24) is 15.2 Å². The summed E-state index contributed by atoms with van der Waals surface area (Å²) in [6.45, 7) is 2.23. The van der Waals surface area contributed by atoms with Crippen LogP contribution >= 0.6 is 0 Å². The van der Waals surface area contributed by atoms with Crippen LogP contribution in [0.3, 0.4) is 0 Å². The number of hydrogen-bond donors (Lipinski definition) is 2. The molecule has 0 spiro atoms. The summed E-state index contributed by atoms with van der Waals surface area (Å²) in [4.78, 5) is 22.4. The summed E-state index contributed by atoms with van der Waals surface area (Å²) in [6, 6.07) is 23.3. The third kappa shape index (κ3) is 3.98. The molecule has 8 bridgehead atoms. The summed E-state index contributed by atoms with van der Waals surface area (Å²) >= 11 is 0. The first-order valence-electron chi connectivity index (χ1n) is 13.2. The topological polar surface area (TPSA) is 83.0 Å². The van der Waals surface area contributed by atoms with Crippen molar-refractivity contribution < 1.29 is 4.79 Å². The Morgan fingerprint density at radius 1 is 0.895 bits per heavy atom. The van der Waals surface area contributed by atoms with Gasteiger partial charge in [0, 0.05) is 35.0 Å². The lowest BCUT2D eigenvalue weighted by Gasteiger charge is -2.23. The maximum Gasteiger partial charge on any atom is 0.224 e. The number of para-hydroxylation sites is 1. The van der Waals surface area contributed by atoms with E-state index in [0.717, 1.165) is 69.5 Å². The van der Waals surface area contributed by atoms with Gasteiger partial charge in [-0.3, -0.25) is 14.9 Å². The number of pyridine rings is 1. The standard InChI is InChI=1S/C32H27N5O/c1-19-13-23-8-4-9-26-22-7-2-5-20(14-22)6-3-10-29(38)34-25-15-24(17-33-18-25)21-11-12-28-27(16-21)32(37-36-28)30(19)35-31(23)26/h2,4-5,7-9,11-12,14-19H,3,6,10,13H2,1H3,(H,34,38)(H,36,37)/t19-/m0/s1. The van der Waals surface area contributed by atoms with E-state index >= 15 is 0 Å². The minimum atomic E-state index is -0.00139. The Hall–Kier alpha value is -4.58. The highest BCUT2D eigenvalue weighted by Gasteiger charge is 2.26. The molecule has 6 heteroatoms. The lowest BCUT2D eigenvalue weighted by molar-refractivity contribution is -0.116. The highest BCUT2D eigenvalue weighted by molar-refractivity contribution is 6.12. The molecule has 5 aromatic rings. The lowest BCUT2D eigenvalue weighted by Crippen LogP contribution is -2.19. The number of aromatic nitrogens is 3. The molecule has 186 valence electrons. The van der Waals surface area contributed by atoms with Gasteiger partial charge in [-0.15, -0.1) is 0 Å². The van der Waals surface area contributed by atoms with Gasteiger partial charge in [-0.2, -0.15) is 5.10 Å². The minimum Gasteiger partial charge on any atom is -0.325 e. The van der Waals surface area contributed by atoms with Crippen LogP contribution in [0.5, 0.6) is 0 Å². The maximum atomic E-state index is 12.7. The van der Waals surface area contributed by atoms with Crippen LogP contribution < -0.4 is 5.32 Å². The van der Waals surface area contributed by atoms with Gasteiger partial charge in [0.25, 0.3) is 0 Å².